The summed E-state index contributed by atoms with van der Waals surface area (Å²) < 4.78 is 0. The maximum Gasteiger partial charge on any atom is 0.303 e. The van der Waals surface area contributed by atoms with E-state index in [9.17, 15) is 15.0 Å². The summed E-state index contributed by atoms with van der Waals surface area (Å²) in [6, 6.07) is 0. The summed E-state index contributed by atoms with van der Waals surface area (Å²) in [5.74, 6) is -0.671. The molecule has 0 fully saturated rings. The van der Waals surface area contributed by atoms with Gasteiger partial charge in [-0.25, -0.2) is 0 Å². The molecule has 0 aliphatic rings. The molecule has 4 heteroatoms. The highest BCUT2D eigenvalue weighted by Gasteiger charge is 2.07. The number of aliphatic carboxylic acids is 1. The SMILES string of the molecule is CCC(O)CCC(O)CCCCCCCCCCCCCCCCC(=O)O. The molecule has 0 bridgehead atoms. The molecule has 0 aromatic carbocycles. The highest BCUT2D eigenvalue weighted by atomic mass is 16.4. The number of unbranched alkanes of at least 4 members (excludes halogenated alkanes) is 13. The number of carbonyl (C=O) groups is 1. The molecule has 3 N–H and O–H groups in total. The molecule has 0 aromatic rings. The van der Waals surface area contributed by atoms with Crippen molar-refractivity contribution in [3.05, 3.63) is 0 Å². The maximum absolute atomic E-state index is 10.4. The Balaban J connectivity index is 3.13. The summed E-state index contributed by atoms with van der Waals surface area (Å²) in [6.07, 6.45) is 20.2. The summed E-state index contributed by atoms with van der Waals surface area (Å²) in [7, 11) is 0. The normalized spacial score (nSPS) is 13.6. The van der Waals surface area contributed by atoms with Crippen molar-refractivity contribution < 1.29 is 20.1 Å². The molecule has 0 radical (unpaired) electrons. The van der Waals surface area contributed by atoms with E-state index in [1.165, 1.54) is 70.6 Å². The van der Waals surface area contributed by atoms with Crippen LogP contribution < -0.4 is 0 Å². The lowest BCUT2D eigenvalue weighted by atomic mass is 10.0. The van der Waals surface area contributed by atoms with Gasteiger partial charge in [0.1, 0.15) is 0 Å². The molecule has 162 valence electrons. The molecule has 0 aliphatic carbocycles. The zero-order valence-electron chi connectivity index (χ0n) is 17.8. The molecule has 0 saturated heterocycles. The molecule has 2 unspecified atom stereocenters. The fourth-order valence-corrected chi connectivity index (χ4v) is 3.51. The fourth-order valence-electron chi connectivity index (χ4n) is 3.51. The Kier molecular flexibility index (Phi) is 19.7. The Morgan fingerprint density at radius 3 is 1.37 bits per heavy atom. The molecular weight excluding hydrogens is 340 g/mol. The summed E-state index contributed by atoms with van der Waals surface area (Å²) in [5, 5.41) is 27.9. The molecule has 4 nitrogen and oxygen atoms in total. The third-order valence-corrected chi connectivity index (χ3v) is 5.48. The van der Waals surface area contributed by atoms with Crippen LogP contribution in [0.2, 0.25) is 0 Å². The molecule has 0 saturated carbocycles. The molecular formula is C23H46O4. The standard InChI is InChI=1S/C23H46O4/c1-2-21(24)19-20-22(25)17-15-13-11-9-7-5-3-4-6-8-10-12-14-16-18-23(26)27/h21-22,24-25H,2-20H2,1H3,(H,26,27). The van der Waals surface area contributed by atoms with Gasteiger partial charge in [0.05, 0.1) is 12.2 Å². The minimum absolute atomic E-state index is 0.233. The number of hydrogen-bond donors (Lipinski definition) is 3. The molecule has 0 rings (SSSR count). The summed E-state index contributed by atoms with van der Waals surface area (Å²) in [5.41, 5.74) is 0. The van der Waals surface area contributed by atoms with Gasteiger partial charge in [0.2, 0.25) is 0 Å². The van der Waals surface area contributed by atoms with Gasteiger partial charge in [0.25, 0.3) is 0 Å². The summed E-state index contributed by atoms with van der Waals surface area (Å²) >= 11 is 0. The highest BCUT2D eigenvalue weighted by molar-refractivity contribution is 5.66. The van der Waals surface area contributed by atoms with Gasteiger partial charge < -0.3 is 15.3 Å². The second-order valence-corrected chi connectivity index (χ2v) is 8.18. The van der Waals surface area contributed by atoms with Gasteiger partial charge in [0.15, 0.2) is 0 Å². The van der Waals surface area contributed by atoms with E-state index in [-0.39, 0.29) is 12.2 Å². The van der Waals surface area contributed by atoms with Crippen LogP contribution in [-0.4, -0.2) is 33.5 Å². The van der Waals surface area contributed by atoms with Crippen LogP contribution in [0.5, 0.6) is 0 Å². The van der Waals surface area contributed by atoms with Gasteiger partial charge in [-0.15, -0.1) is 0 Å². The van der Waals surface area contributed by atoms with Crippen LogP contribution in [0.4, 0.5) is 0 Å². The van der Waals surface area contributed by atoms with Crippen LogP contribution >= 0.6 is 0 Å². The Hall–Kier alpha value is -0.610. The van der Waals surface area contributed by atoms with Crippen LogP contribution in [0.25, 0.3) is 0 Å². The van der Waals surface area contributed by atoms with Crippen molar-refractivity contribution in [2.45, 2.75) is 141 Å². The first-order valence-electron chi connectivity index (χ1n) is 11.6. The lowest BCUT2D eigenvalue weighted by Gasteiger charge is -2.12. The van der Waals surface area contributed by atoms with Crippen molar-refractivity contribution in [3.8, 4) is 0 Å². The quantitative estimate of drug-likeness (QED) is 0.204. The Morgan fingerprint density at radius 1 is 0.593 bits per heavy atom. The number of carboxylic acid groups (broad SMARTS) is 1. The number of rotatable bonds is 21. The van der Waals surface area contributed by atoms with Crippen LogP contribution in [0.1, 0.15) is 129 Å². The van der Waals surface area contributed by atoms with Crippen molar-refractivity contribution in [2.75, 3.05) is 0 Å². The van der Waals surface area contributed by atoms with E-state index in [1.807, 2.05) is 6.92 Å². The largest absolute Gasteiger partial charge is 0.481 e. The van der Waals surface area contributed by atoms with Crippen LogP contribution in [0.3, 0.4) is 0 Å². The van der Waals surface area contributed by atoms with Crippen molar-refractivity contribution in [1.82, 2.24) is 0 Å². The molecule has 27 heavy (non-hydrogen) atoms. The van der Waals surface area contributed by atoms with E-state index in [2.05, 4.69) is 0 Å². The molecule has 0 aromatic heterocycles. The van der Waals surface area contributed by atoms with Gasteiger partial charge in [0, 0.05) is 6.42 Å². The third kappa shape index (κ3) is 21.5. The molecule has 2 atom stereocenters. The van der Waals surface area contributed by atoms with E-state index in [0.717, 1.165) is 44.9 Å². The number of carboxylic acids is 1. The number of aliphatic hydroxyl groups is 2. The predicted octanol–water partition coefficient (Wildman–Crippen LogP) is 6.22. The topological polar surface area (TPSA) is 77.8 Å². The Morgan fingerprint density at radius 2 is 0.963 bits per heavy atom. The van der Waals surface area contributed by atoms with E-state index in [1.54, 1.807) is 0 Å². The lowest BCUT2D eigenvalue weighted by molar-refractivity contribution is -0.137. The fraction of sp³-hybridized carbons (Fsp3) is 0.957. The van der Waals surface area contributed by atoms with Crippen LogP contribution in [-0.2, 0) is 4.79 Å². The molecule has 0 spiro atoms. The van der Waals surface area contributed by atoms with Crippen LogP contribution in [0, 0.1) is 0 Å². The molecule has 0 amide bonds. The van der Waals surface area contributed by atoms with E-state index < -0.39 is 5.97 Å². The third-order valence-electron chi connectivity index (χ3n) is 5.48. The number of hydrogen-bond acceptors (Lipinski definition) is 3. The van der Waals surface area contributed by atoms with E-state index in [0.29, 0.717) is 6.42 Å². The van der Waals surface area contributed by atoms with Crippen molar-refractivity contribution in [1.29, 1.82) is 0 Å². The Bertz CT molecular complexity index is 320. The monoisotopic (exact) mass is 386 g/mol. The minimum atomic E-state index is -0.671. The second kappa shape index (κ2) is 20.1. The van der Waals surface area contributed by atoms with Gasteiger partial charge in [-0.1, -0.05) is 90.4 Å². The van der Waals surface area contributed by atoms with Crippen molar-refractivity contribution >= 4 is 5.97 Å². The predicted molar refractivity (Wildman–Crippen MR) is 113 cm³/mol. The lowest BCUT2D eigenvalue weighted by Crippen LogP contribution is -2.12. The van der Waals surface area contributed by atoms with E-state index in [4.69, 9.17) is 5.11 Å². The molecule has 0 aliphatic heterocycles. The highest BCUT2D eigenvalue weighted by Crippen LogP contribution is 2.15. The first-order chi connectivity index (χ1) is 13.1. The Labute approximate surface area is 167 Å². The smallest absolute Gasteiger partial charge is 0.303 e. The second-order valence-electron chi connectivity index (χ2n) is 8.18. The van der Waals surface area contributed by atoms with Crippen molar-refractivity contribution in [2.24, 2.45) is 0 Å². The number of aliphatic hydroxyl groups excluding tert-OH is 2. The first kappa shape index (κ1) is 26.4. The summed E-state index contributed by atoms with van der Waals surface area (Å²) in [6.45, 7) is 1.98. The van der Waals surface area contributed by atoms with Gasteiger partial charge >= 0.3 is 5.97 Å². The van der Waals surface area contributed by atoms with Crippen molar-refractivity contribution in [3.63, 3.8) is 0 Å². The summed E-state index contributed by atoms with van der Waals surface area (Å²) in [4.78, 5) is 10.4. The van der Waals surface area contributed by atoms with Gasteiger partial charge in [-0.3, -0.25) is 4.79 Å². The minimum Gasteiger partial charge on any atom is -0.481 e. The zero-order chi connectivity index (χ0) is 20.2. The zero-order valence-corrected chi connectivity index (χ0v) is 17.8. The van der Waals surface area contributed by atoms with Crippen LogP contribution in [0.15, 0.2) is 0 Å². The van der Waals surface area contributed by atoms with Gasteiger partial charge in [-0.05, 0) is 32.1 Å². The molecule has 0 heterocycles. The average molecular weight is 387 g/mol. The van der Waals surface area contributed by atoms with E-state index >= 15 is 0 Å². The first-order valence-corrected chi connectivity index (χ1v) is 11.6. The average Bonchev–Trinajstić information content (AvgIpc) is 2.65. The maximum atomic E-state index is 10.4. The van der Waals surface area contributed by atoms with Gasteiger partial charge in [-0.2, -0.15) is 0 Å².